The van der Waals surface area contributed by atoms with Crippen LogP contribution in [0.5, 0.6) is 5.75 Å². The molecule has 5 aliphatic heterocycles. The number of benzene rings is 1. The van der Waals surface area contributed by atoms with E-state index in [1.807, 2.05) is 79.0 Å². The summed E-state index contributed by atoms with van der Waals surface area (Å²) >= 11 is 0. The van der Waals surface area contributed by atoms with E-state index in [1.165, 1.54) is 0 Å². The molecule has 5 aliphatic rings. The van der Waals surface area contributed by atoms with Crippen LogP contribution >= 0.6 is 0 Å². The van der Waals surface area contributed by atoms with Gasteiger partial charge >= 0.3 is 5.97 Å². The Balaban J connectivity index is 1.40. The highest BCUT2D eigenvalue weighted by atomic mass is 16.5. The molecule has 0 aromatic heterocycles. The van der Waals surface area contributed by atoms with E-state index in [4.69, 9.17) is 19.7 Å². The summed E-state index contributed by atoms with van der Waals surface area (Å²) in [6.45, 7) is 5.24. The molecule has 6 heteroatoms. The molecule has 1 aromatic rings. The molecule has 0 fully saturated rings. The molecular formula is C30H20N4O2. The molecule has 172 valence electrons. The maximum Gasteiger partial charge on any atom is 0.338 e. The first-order valence-corrected chi connectivity index (χ1v) is 11.4. The van der Waals surface area contributed by atoms with Crippen molar-refractivity contribution in [2.45, 2.75) is 6.92 Å². The van der Waals surface area contributed by atoms with Crippen molar-refractivity contribution in [1.82, 2.24) is 0 Å². The third kappa shape index (κ3) is 4.40. The van der Waals surface area contributed by atoms with Gasteiger partial charge in [-0.3, -0.25) is 0 Å². The highest BCUT2D eigenvalue weighted by Gasteiger charge is 2.18. The van der Waals surface area contributed by atoms with Crippen molar-refractivity contribution >= 4 is 34.4 Å². The van der Waals surface area contributed by atoms with Crippen LogP contribution in [-0.4, -0.2) is 28.8 Å². The van der Waals surface area contributed by atoms with Gasteiger partial charge in [0.2, 0.25) is 0 Å². The van der Waals surface area contributed by atoms with E-state index in [0.717, 1.165) is 56.8 Å². The van der Waals surface area contributed by atoms with Crippen LogP contribution in [0.4, 0.5) is 0 Å². The lowest BCUT2D eigenvalue weighted by atomic mass is 10.0. The van der Waals surface area contributed by atoms with E-state index in [-0.39, 0.29) is 0 Å². The number of hydrogen-bond acceptors (Lipinski definition) is 6. The highest BCUT2D eigenvalue weighted by molar-refractivity contribution is 6.19. The van der Waals surface area contributed by atoms with Gasteiger partial charge in [-0.25, -0.2) is 24.8 Å². The van der Waals surface area contributed by atoms with Crippen molar-refractivity contribution < 1.29 is 9.53 Å². The van der Waals surface area contributed by atoms with Crippen molar-refractivity contribution in [3.63, 3.8) is 0 Å². The number of ether oxygens (including phenoxy) is 1. The van der Waals surface area contributed by atoms with Crippen LogP contribution in [0, 0.1) is 0 Å². The van der Waals surface area contributed by atoms with Crippen LogP contribution < -0.4 is 4.74 Å². The molecule has 6 rings (SSSR count). The second kappa shape index (κ2) is 8.67. The number of fused-ring (bicyclic) bond motifs is 4. The predicted octanol–water partition coefficient (Wildman–Crippen LogP) is 5.59. The molecule has 0 spiro atoms. The van der Waals surface area contributed by atoms with Gasteiger partial charge in [0.05, 0.1) is 45.6 Å². The van der Waals surface area contributed by atoms with E-state index in [9.17, 15) is 4.79 Å². The molecule has 0 N–H and O–H groups in total. The SMILES string of the molecule is C=C(C)C(=O)Oc1ccc(C2=CC3=NC2=CC2=NC(=CC4=NC(=CC5=NC(=C3)C=C5)C=C4)C=C2)cc1. The Labute approximate surface area is 208 Å². The summed E-state index contributed by atoms with van der Waals surface area (Å²) in [4.78, 5) is 30.8. The highest BCUT2D eigenvalue weighted by Crippen LogP contribution is 2.32. The molecule has 0 aliphatic carbocycles. The number of allylic oxidation sites excluding steroid dienone is 12. The van der Waals surface area contributed by atoms with Gasteiger partial charge in [0, 0.05) is 11.1 Å². The Hall–Kier alpha value is -4.97. The van der Waals surface area contributed by atoms with Gasteiger partial charge in [0.15, 0.2) is 0 Å². The molecule has 36 heavy (non-hydrogen) atoms. The zero-order chi connectivity index (χ0) is 24.6. The molecule has 0 saturated carbocycles. The molecule has 0 unspecified atom stereocenters. The summed E-state index contributed by atoms with van der Waals surface area (Å²) in [6.07, 6.45) is 21.7. The molecule has 0 amide bonds. The third-order valence-electron chi connectivity index (χ3n) is 5.76. The number of rotatable bonds is 3. The summed E-state index contributed by atoms with van der Waals surface area (Å²) in [6, 6.07) is 7.35. The first-order valence-electron chi connectivity index (χ1n) is 11.4. The first kappa shape index (κ1) is 21.6. The smallest absolute Gasteiger partial charge is 0.338 e. The number of esters is 1. The Morgan fingerprint density at radius 1 is 0.667 bits per heavy atom. The Kier molecular flexibility index (Phi) is 5.19. The topological polar surface area (TPSA) is 75.7 Å². The zero-order valence-electron chi connectivity index (χ0n) is 19.5. The van der Waals surface area contributed by atoms with Crippen LogP contribution in [0.15, 0.2) is 146 Å². The monoisotopic (exact) mass is 468 g/mol. The lowest BCUT2D eigenvalue weighted by Crippen LogP contribution is -2.08. The van der Waals surface area contributed by atoms with Crippen LogP contribution in [0.25, 0.3) is 5.57 Å². The zero-order valence-corrected chi connectivity index (χ0v) is 19.5. The van der Waals surface area contributed by atoms with Crippen molar-refractivity contribution in [2.75, 3.05) is 0 Å². The maximum absolute atomic E-state index is 11.8. The fourth-order valence-corrected chi connectivity index (χ4v) is 4.03. The Morgan fingerprint density at radius 3 is 1.75 bits per heavy atom. The Morgan fingerprint density at radius 2 is 1.19 bits per heavy atom. The standard InChI is InChI=1S/C30H20N4O2/c1-18(2)30(35)36-27-11-3-19(4-12-27)28-16-26-15-24-8-7-22(32-24)13-20-5-6-21(31-20)14-23-9-10-25(33-23)17-29(28)34-26/h3-17H,1H2,2H3. The van der Waals surface area contributed by atoms with Crippen molar-refractivity contribution in [1.29, 1.82) is 0 Å². The quantitative estimate of drug-likeness (QED) is 0.330. The molecule has 0 atom stereocenters. The molecule has 6 nitrogen and oxygen atoms in total. The lowest BCUT2D eigenvalue weighted by Gasteiger charge is -2.07. The fraction of sp³-hybridized carbons (Fsp3) is 0.0333. The third-order valence-corrected chi connectivity index (χ3v) is 5.76. The van der Waals surface area contributed by atoms with Gasteiger partial charge in [-0.05, 0) is 91.5 Å². The van der Waals surface area contributed by atoms with Gasteiger partial charge < -0.3 is 4.74 Å². The van der Waals surface area contributed by atoms with E-state index in [1.54, 1.807) is 19.1 Å². The lowest BCUT2D eigenvalue weighted by molar-refractivity contribution is -0.130. The average molecular weight is 469 g/mol. The molecule has 8 bridgehead atoms. The minimum atomic E-state index is -0.450. The maximum atomic E-state index is 11.8. The van der Waals surface area contributed by atoms with Gasteiger partial charge in [-0.2, -0.15) is 0 Å². The van der Waals surface area contributed by atoms with E-state index in [0.29, 0.717) is 11.3 Å². The Bertz CT molecular complexity index is 1610. The summed E-state index contributed by atoms with van der Waals surface area (Å²) in [5.41, 5.74) is 8.80. The predicted molar refractivity (Wildman–Crippen MR) is 144 cm³/mol. The van der Waals surface area contributed by atoms with Crippen LogP contribution in [-0.2, 0) is 4.79 Å². The minimum Gasteiger partial charge on any atom is -0.423 e. The molecular weight excluding hydrogens is 448 g/mol. The van der Waals surface area contributed by atoms with Gasteiger partial charge in [0.1, 0.15) is 5.75 Å². The average Bonchev–Trinajstić information content (AvgIpc) is 3.65. The molecule has 5 heterocycles. The number of nitrogens with zero attached hydrogens (tertiary/aromatic N) is 4. The number of aliphatic imine (C=N–C) groups is 4. The molecule has 1 aromatic carbocycles. The minimum absolute atomic E-state index is 0.349. The van der Waals surface area contributed by atoms with Crippen LogP contribution in [0.2, 0.25) is 0 Å². The summed E-state index contributed by atoms with van der Waals surface area (Å²) in [7, 11) is 0. The van der Waals surface area contributed by atoms with Crippen LogP contribution in [0.1, 0.15) is 12.5 Å². The van der Waals surface area contributed by atoms with Crippen molar-refractivity contribution in [3.8, 4) is 5.75 Å². The second-order valence-corrected chi connectivity index (χ2v) is 8.64. The molecule has 0 radical (unpaired) electrons. The second-order valence-electron chi connectivity index (χ2n) is 8.64. The summed E-state index contributed by atoms with van der Waals surface area (Å²) in [5, 5.41) is 0. The fourth-order valence-electron chi connectivity index (χ4n) is 4.03. The van der Waals surface area contributed by atoms with Crippen molar-refractivity contribution in [3.05, 3.63) is 132 Å². The summed E-state index contributed by atoms with van der Waals surface area (Å²) < 4.78 is 5.33. The van der Waals surface area contributed by atoms with Crippen molar-refractivity contribution in [2.24, 2.45) is 20.0 Å². The van der Waals surface area contributed by atoms with Gasteiger partial charge in [-0.1, -0.05) is 18.7 Å². The van der Waals surface area contributed by atoms with E-state index in [2.05, 4.69) is 11.6 Å². The normalized spacial score (nSPS) is 19.0. The van der Waals surface area contributed by atoms with E-state index < -0.39 is 5.97 Å². The number of carbonyl (C=O) groups excluding carboxylic acids is 1. The van der Waals surface area contributed by atoms with Gasteiger partial charge in [-0.15, -0.1) is 0 Å². The number of carbonyl (C=O) groups is 1. The van der Waals surface area contributed by atoms with Gasteiger partial charge in [0.25, 0.3) is 0 Å². The largest absolute Gasteiger partial charge is 0.423 e. The first-order chi connectivity index (χ1) is 17.5. The van der Waals surface area contributed by atoms with E-state index >= 15 is 0 Å². The summed E-state index contributed by atoms with van der Waals surface area (Å²) in [5.74, 6) is 0.00949. The number of hydrogen-bond donors (Lipinski definition) is 0. The van der Waals surface area contributed by atoms with Crippen LogP contribution in [0.3, 0.4) is 0 Å². The molecule has 0 saturated heterocycles.